The number of anilines is 1. The van der Waals surface area contributed by atoms with Crippen molar-refractivity contribution in [3.8, 4) is 0 Å². The standard InChI is InChI=1S/C23H24N4O3/c1-14-15(2)20(23(29)27(3)21-18(14)10-7-11-24-21)25-22(28)19-13-17(30-26-19)12-16-8-5-4-6-9-16/h4-11,13-15,20H,12H2,1-3H3,(H,25,28)/t14-,15+,20+/m1/s1. The number of pyridine rings is 1. The summed E-state index contributed by atoms with van der Waals surface area (Å²) in [6.45, 7) is 4.01. The smallest absolute Gasteiger partial charge is 0.274 e. The van der Waals surface area contributed by atoms with E-state index in [1.807, 2.05) is 56.3 Å². The second kappa shape index (κ2) is 8.10. The Morgan fingerprint density at radius 2 is 1.93 bits per heavy atom. The average Bonchev–Trinajstić information content (AvgIpc) is 3.22. The highest BCUT2D eigenvalue weighted by Gasteiger charge is 2.39. The van der Waals surface area contributed by atoms with Crippen LogP contribution in [0.25, 0.3) is 0 Å². The van der Waals surface area contributed by atoms with Gasteiger partial charge in [-0.05, 0) is 29.0 Å². The van der Waals surface area contributed by atoms with Gasteiger partial charge in [-0.1, -0.05) is 55.4 Å². The lowest BCUT2D eigenvalue weighted by Crippen LogP contribution is -2.50. The molecule has 30 heavy (non-hydrogen) atoms. The third-order valence-electron chi connectivity index (χ3n) is 5.84. The highest BCUT2D eigenvalue weighted by molar-refractivity contribution is 6.02. The van der Waals surface area contributed by atoms with Crippen LogP contribution in [0.1, 0.15) is 47.1 Å². The quantitative estimate of drug-likeness (QED) is 0.722. The third kappa shape index (κ3) is 3.70. The van der Waals surface area contributed by atoms with Gasteiger partial charge in [0.2, 0.25) is 0 Å². The van der Waals surface area contributed by atoms with Crippen LogP contribution >= 0.6 is 0 Å². The molecule has 1 aliphatic heterocycles. The molecule has 0 aliphatic carbocycles. The fraction of sp³-hybridized carbons (Fsp3) is 0.304. The van der Waals surface area contributed by atoms with E-state index in [-0.39, 0.29) is 23.4 Å². The molecule has 0 unspecified atom stereocenters. The van der Waals surface area contributed by atoms with Crippen LogP contribution < -0.4 is 10.2 Å². The van der Waals surface area contributed by atoms with E-state index in [9.17, 15) is 9.59 Å². The lowest BCUT2D eigenvalue weighted by Gasteiger charge is -2.26. The van der Waals surface area contributed by atoms with Gasteiger partial charge in [-0.25, -0.2) is 4.98 Å². The maximum absolute atomic E-state index is 13.1. The molecule has 3 atom stereocenters. The van der Waals surface area contributed by atoms with Crippen molar-refractivity contribution in [1.29, 1.82) is 0 Å². The number of amides is 2. The van der Waals surface area contributed by atoms with E-state index in [1.165, 1.54) is 4.90 Å². The minimum atomic E-state index is -0.694. The minimum absolute atomic E-state index is 0.0406. The SMILES string of the molecule is C[C@@H]1[C@H](NC(=O)c2cc(Cc3ccccc3)on2)C(=O)N(C)c2ncccc2[C@@H]1C. The van der Waals surface area contributed by atoms with Crippen LogP contribution in [-0.4, -0.2) is 35.0 Å². The highest BCUT2D eigenvalue weighted by Crippen LogP contribution is 2.36. The van der Waals surface area contributed by atoms with Gasteiger partial charge in [0, 0.05) is 25.7 Å². The molecule has 0 spiro atoms. The summed E-state index contributed by atoms with van der Waals surface area (Å²) in [5, 5.41) is 6.77. The van der Waals surface area contributed by atoms with E-state index in [0.29, 0.717) is 18.0 Å². The van der Waals surface area contributed by atoms with Crippen molar-refractivity contribution < 1.29 is 14.1 Å². The predicted molar refractivity (Wildman–Crippen MR) is 112 cm³/mol. The third-order valence-corrected chi connectivity index (χ3v) is 5.84. The first-order valence-corrected chi connectivity index (χ1v) is 9.98. The van der Waals surface area contributed by atoms with Crippen LogP contribution in [-0.2, 0) is 11.2 Å². The molecule has 0 fully saturated rings. The molecule has 0 bridgehead atoms. The maximum atomic E-state index is 13.1. The number of aromatic nitrogens is 2. The number of carbonyl (C=O) groups is 2. The molecule has 1 N–H and O–H groups in total. The highest BCUT2D eigenvalue weighted by atomic mass is 16.5. The number of fused-ring (bicyclic) bond motifs is 1. The van der Waals surface area contributed by atoms with Gasteiger partial charge in [0.05, 0.1) is 0 Å². The van der Waals surface area contributed by atoms with E-state index in [4.69, 9.17) is 4.52 Å². The molecule has 4 rings (SSSR count). The lowest BCUT2D eigenvalue weighted by molar-refractivity contribution is -0.121. The summed E-state index contributed by atoms with van der Waals surface area (Å²) >= 11 is 0. The topological polar surface area (TPSA) is 88.3 Å². The van der Waals surface area contributed by atoms with Crippen molar-refractivity contribution in [1.82, 2.24) is 15.5 Å². The Morgan fingerprint density at radius 3 is 2.70 bits per heavy atom. The van der Waals surface area contributed by atoms with Gasteiger partial charge in [0.15, 0.2) is 5.69 Å². The van der Waals surface area contributed by atoms with E-state index in [0.717, 1.165) is 11.1 Å². The summed E-state index contributed by atoms with van der Waals surface area (Å²) in [4.78, 5) is 31.8. The molecule has 7 nitrogen and oxygen atoms in total. The number of hydrogen-bond donors (Lipinski definition) is 1. The first kappa shape index (κ1) is 19.8. The zero-order chi connectivity index (χ0) is 21.3. The molecule has 154 valence electrons. The first-order chi connectivity index (χ1) is 14.5. The van der Waals surface area contributed by atoms with Gasteiger partial charge in [-0.15, -0.1) is 0 Å². The van der Waals surface area contributed by atoms with E-state index in [2.05, 4.69) is 15.5 Å². The summed E-state index contributed by atoms with van der Waals surface area (Å²) in [5.74, 6) is 0.513. The van der Waals surface area contributed by atoms with Crippen LogP contribution in [0.5, 0.6) is 0 Å². The number of hydrogen-bond acceptors (Lipinski definition) is 5. The predicted octanol–water partition coefficient (Wildman–Crippen LogP) is 3.18. The molecule has 1 aromatic carbocycles. The Bertz CT molecular complexity index is 1060. The molecule has 1 aliphatic rings. The van der Waals surface area contributed by atoms with Crippen LogP contribution in [0.15, 0.2) is 59.3 Å². The molecule has 3 aromatic rings. The van der Waals surface area contributed by atoms with Crippen molar-refractivity contribution in [2.75, 3.05) is 11.9 Å². The monoisotopic (exact) mass is 404 g/mol. The number of nitrogens with zero attached hydrogens (tertiary/aromatic N) is 3. The molecular weight excluding hydrogens is 380 g/mol. The van der Waals surface area contributed by atoms with Gasteiger partial charge in [-0.2, -0.15) is 0 Å². The molecule has 0 saturated heterocycles. The summed E-state index contributed by atoms with van der Waals surface area (Å²) in [7, 11) is 1.69. The van der Waals surface area contributed by atoms with Gasteiger partial charge >= 0.3 is 0 Å². The summed E-state index contributed by atoms with van der Waals surface area (Å²) in [5.41, 5.74) is 2.22. The normalized spacial score (nSPS) is 21.1. The Kier molecular flexibility index (Phi) is 5.35. The number of benzene rings is 1. The van der Waals surface area contributed by atoms with E-state index < -0.39 is 11.9 Å². The molecular formula is C23H24N4O3. The van der Waals surface area contributed by atoms with Crippen LogP contribution in [0.4, 0.5) is 5.82 Å². The Labute approximate surface area is 175 Å². The fourth-order valence-corrected chi connectivity index (χ4v) is 3.86. The van der Waals surface area contributed by atoms with Crippen molar-refractivity contribution in [3.05, 3.63) is 77.3 Å². The van der Waals surface area contributed by atoms with Gasteiger partial charge in [0.25, 0.3) is 11.8 Å². The lowest BCUT2D eigenvalue weighted by atomic mass is 9.85. The second-order valence-corrected chi connectivity index (χ2v) is 7.75. The fourth-order valence-electron chi connectivity index (χ4n) is 3.86. The van der Waals surface area contributed by atoms with Crippen LogP contribution in [0.3, 0.4) is 0 Å². The van der Waals surface area contributed by atoms with Crippen molar-refractivity contribution >= 4 is 17.6 Å². The van der Waals surface area contributed by atoms with Crippen molar-refractivity contribution in [3.63, 3.8) is 0 Å². The molecule has 0 radical (unpaired) electrons. The van der Waals surface area contributed by atoms with Gasteiger partial charge in [0.1, 0.15) is 17.6 Å². The molecule has 0 saturated carbocycles. The number of nitrogens with one attached hydrogen (secondary N) is 1. The first-order valence-electron chi connectivity index (χ1n) is 9.98. The summed E-state index contributed by atoms with van der Waals surface area (Å²) in [6, 6.07) is 14.6. The number of rotatable bonds is 4. The maximum Gasteiger partial charge on any atom is 0.274 e. The molecule has 2 amide bonds. The Balaban J connectivity index is 1.52. The summed E-state index contributed by atoms with van der Waals surface area (Å²) < 4.78 is 5.33. The number of likely N-dealkylation sites (N-methyl/N-ethyl adjacent to an activating group) is 1. The summed E-state index contributed by atoms with van der Waals surface area (Å²) in [6.07, 6.45) is 2.21. The Hall–Kier alpha value is -3.48. The van der Waals surface area contributed by atoms with Crippen LogP contribution in [0.2, 0.25) is 0 Å². The van der Waals surface area contributed by atoms with E-state index >= 15 is 0 Å². The van der Waals surface area contributed by atoms with Crippen molar-refractivity contribution in [2.24, 2.45) is 5.92 Å². The zero-order valence-electron chi connectivity index (χ0n) is 17.2. The zero-order valence-corrected chi connectivity index (χ0v) is 17.2. The second-order valence-electron chi connectivity index (χ2n) is 7.75. The van der Waals surface area contributed by atoms with Gasteiger partial charge in [-0.3, -0.25) is 14.5 Å². The van der Waals surface area contributed by atoms with Gasteiger partial charge < -0.3 is 9.84 Å². The Morgan fingerprint density at radius 1 is 1.17 bits per heavy atom. The molecule has 3 heterocycles. The molecule has 2 aromatic heterocycles. The van der Waals surface area contributed by atoms with E-state index in [1.54, 1.807) is 19.3 Å². The van der Waals surface area contributed by atoms with Crippen LogP contribution in [0, 0.1) is 5.92 Å². The molecule has 7 heteroatoms. The van der Waals surface area contributed by atoms with Crippen molar-refractivity contribution in [2.45, 2.75) is 32.2 Å². The minimum Gasteiger partial charge on any atom is -0.360 e. The largest absolute Gasteiger partial charge is 0.360 e. The average molecular weight is 404 g/mol. The number of carbonyl (C=O) groups excluding carboxylic acids is 2.